The largest absolute Gasteiger partial charge is 0.337 e. The molecule has 25 heavy (non-hydrogen) atoms. The van der Waals surface area contributed by atoms with Gasteiger partial charge in [0.25, 0.3) is 0 Å². The van der Waals surface area contributed by atoms with E-state index in [0.29, 0.717) is 12.8 Å². The third-order valence-corrected chi connectivity index (χ3v) is 8.09. The normalized spacial score (nSPS) is 14.2. The minimum absolute atomic E-state index is 0.183. The lowest BCUT2D eigenvalue weighted by molar-refractivity contribution is 0.332. The molecule has 2 atom stereocenters. The van der Waals surface area contributed by atoms with E-state index in [1.807, 2.05) is 54.6 Å². The second-order valence-electron chi connectivity index (χ2n) is 5.81. The summed E-state index contributed by atoms with van der Waals surface area (Å²) in [6.07, 6.45) is 1.40. The zero-order chi connectivity index (χ0) is 18.3. The van der Waals surface area contributed by atoms with E-state index in [9.17, 15) is 18.9 Å². The van der Waals surface area contributed by atoms with Gasteiger partial charge < -0.3 is 14.3 Å². The molecule has 0 saturated carbocycles. The van der Waals surface area contributed by atoms with Crippen molar-refractivity contribution in [2.24, 2.45) is 0 Å². The van der Waals surface area contributed by atoms with E-state index in [-0.39, 0.29) is 13.0 Å². The molecule has 0 aliphatic heterocycles. The van der Waals surface area contributed by atoms with Crippen LogP contribution >= 0.6 is 15.6 Å². The van der Waals surface area contributed by atoms with Crippen molar-refractivity contribution < 1.29 is 23.4 Å². The molecule has 2 aromatic rings. The number of hydrogen-bond acceptors (Lipinski definition) is 3. The summed E-state index contributed by atoms with van der Waals surface area (Å²) < 4.78 is 28.4. The molecule has 2 rings (SSSR count). The van der Waals surface area contributed by atoms with Crippen LogP contribution < -0.4 is 0 Å². The number of benzene rings is 2. The van der Waals surface area contributed by atoms with E-state index >= 15 is 0 Å². The first kappa shape index (κ1) is 20.1. The fourth-order valence-corrected chi connectivity index (χ4v) is 5.41. The zero-order valence-corrected chi connectivity index (χ0v) is 16.1. The maximum atomic E-state index is 11.9. The number of rotatable bonds is 9. The Morgan fingerprint density at radius 2 is 1.64 bits per heavy atom. The Hall–Kier alpha value is -1.22. The molecule has 0 amide bonds. The molecule has 2 aromatic carbocycles. The summed E-state index contributed by atoms with van der Waals surface area (Å²) in [6.45, 7) is 1.85. The van der Waals surface area contributed by atoms with E-state index in [1.54, 1.807) is 6.92 Å². The molecule has 5 nitrogen and oxygen atoms in total. The van der Waals surface area contributed by atoms with Crippen molar-refractivity contribution in [3.63, 3.8) is 0 Å². The van der Waals surface area contributed by atoms with Crippen LogP contribution in [-0.2, 0) is 20.1 Å². The van der Waals surface area contributed by atoms with Crippen molar-refractivity contribution in [1.29, 1.82) is 0 Å². The highest BCUT2D eigenvalue weighted by atomic mass is 31.2. The van der Waals surface area contributed by atoms with E-state index in [0.717, 1.165) is 16.7 Å². The molecular weight excluding hydrogens is 358 g/mol. The average molecular weight is 382 g/mol. The van der Waals surface area contributed by atoms with Crippen LogP contribution in [0.25, 0.3) is 11.1 Å². The minimum atomic E-state index is -4.42. The van der Waals surface area contributed by atoms with Crippen LogP contribution in [0, 0.1) is 0 Å². The second-order valence-corrected chi connectivity index (χ2v) is 9.72. The van der Waals surface area contributed by atoms with Gasteiger partial charge in [-0.2, -0.15) is 0 Å². The Labute approximate surface area is 149 Å². The van der Waals surface area contributed by atoms with Crippen LogP contribution in [0.3, 0.4) is 0 Å². The van der Waals surface area contributed by atoms with Gasteiger partial charge in [-0.05, 0) is 42.9 Å². The van der Waals surface area contributed by atoms with Crippen LogP contribution in [0.5, 0.6) is 0 Å². The third-order valence-electron chi connectivity index (χ3n) is 3.97. The first-order valence-corrected chi connectivity index (χ1v) is 11.4. The lowest BCUT2D eigenvalue weighted by Crippen LogP contribution is -2.06. The Kier molecular flexibility index (Phi) is 7.61. The second kappa shape index (κ2) is 9.47. The van der Waals surface area contributed by atoms with Crippen molar-refractivity contribution in [2.45, 2.75) is 31.6 Å². The SMILES string of the molecule is CCO[PH](=O)C(CCCc1ccc(-c2ccccc2)cc1)P(=O)(O)O. The highest BCUT2D eigenvalue weighted by Crippen LogP contribution is 2.55. The molecule has 0 aliphatic carbocycles. The van der Waals surface area contributed by atoms with Gasteiger partial charge in [-0.1, -0.05) is 54.6 Å². The summed E-state index contributed by atoms with van der Waals surface area (Å²) in [7, 11) is -7.17. The first-order valence-electron chi connectivity index (χ1n) is 8.28. The van der Waals surface area contributed by atoms with Crippen LogP contribution in [0.4, 0.5) is 0 Å². The number of aryl methyl sites for hydroxylation is 1. The Bertz CT molecular complexity index is 725. The monoisotopic (exact) mass is 382 g/mol. The fraction of sp³-hybridized carbons (Fsp3) is 0.333. The van der Waals surface area contributed by atoms with Gasteiger partial charge in [-0.15, -0.1) is 0 Å². The molecule has 0 fully saturated rings. The average Bonchev–Trinajstić information content (AvgIpc) is 2.59. The predicted molar refractivity (Wildman–Crippen MR) is 101 cm³/mol. The lowest BCUT2D eigenvalue weighted by Gasteiger charge is -2.17. The summed E-state index contributed by atoms with van der Waals surface area (Å²) >= 11 is 0. The molecule has 0 saturated heterocycles. The van der Waals surface area contributed by atoms with Gasteiger partial charge in [-0.3, -0.25) is 9.13 Å². The molecule has 7 heteroatoms. The van der Waals surface area contributed by atoms with Crippen molar-refractivity contribution >= 4 is 15.6 Å². The molecule has 0 radical (unpaired) electrons. The summed E-state index contributed by atoms with van der Waals surface area (Å²) in [5.41, 5.74) is 3.35. The van der Waals surface area contributed by atoms with Gasteiger partial charge >= 0.3 is 7.60 Å². The molecule has 0 aromatic heterocycles. The highest BCUT2D eigenvalue weighted by Gasteiger charge is 2.34. The number of hydrogen-bond donors (Lipinski definition) is 2. The van der Waals surface area contributed by atoms with E-state index in [4.69, 9.17) is 4.52 Å². The highest BCUT2D eigenvalue weighted by molar-refractivity contribution is 7.65. The summed E-state index contributed by atoms with van der Waals surface area (Å²) in [6, 6.07) is 18.2. The van der Waals surface area contributed by atoms with Gasteiger partial charge in [0.05, 0.1) is 6.61 Å². The standard InChI is InChI=1S/C18H24O5P2/c1-2-23-24(19)18(25(20,21)22)10-6-7-15-11-13-17(14-12-15)16-8-4-3-5-9-16/h3-5,8-9,11-14,18,24H,2,6-7,10H2,1H3,(H2,20,21,22). The predicted octanol–water partition coefficient (Wildman–Crippen LogP) is 4.69. The van der Waals surface area contributed by atoms with Gasteiger partial charge in [0.15, 0.2) is 0 Å². The summed E-state index contributed by atoms with van der Waals surface area (Å²) in [4.78, 5) is 18.8. The molecule has 0 spiro atoms. The van der Waals surface area contributed by atoms with Gasteiger partial charge in [-0.25, -0.2) is 0 Å². The molecule has 0 aliphatic rings. The third kappa shape index (κ3) is 6.22. The molecule has 2 N–H and O–H groups in total. The topological polar surface area (TPSA) is 83.8 Å². The summed E-state index contributed by atoms with van der Waals surface area (Å²) in [5.74, 6) is 0. The maximum absolute atomic E-state index is 11.9. The van der Waals surface area contributed by atoms with Gasteiger partial charge in [0.1, 0.15) is 5.40 Å². The van der Waals surface area contributed by atoms with E-state index in [1.165, 1.54) is 0 Å². The Morgan fingerprint density at radius 1 is 1.04 bits per heavy atom. The van der Waals surface area contributed by atoms with Gasteiger partial charge in [0, 0.05) is 0 Å². The molecule has 0 bridgehead atoms. The van der Waals surface area contributed by atoms with Crippen molar-refractivity contribution in [2.75, 3.05) is 6.61 Å². The molecular formula is C18H24O5P2. The van der Waals surface area contributed by atoms with Crippen LogP contribution in [0.15, 0.2) is 54.6 Å². The van der Waals surface area contributed by atoms with Gasteiger partial charge in [0.2, 0.25) is 8.03 Å². The quantitative estimate of drug-likeness (QED) is 0.615. The van der Waals surface area contributed by atoms with E-state index < -0.39 is 21.0 Å². The first-order chi connectivity index (χ1) is 11.9. The molecule has 2 unspecified atom stereocenters. The lowest BCUT2D eigenvalue weighted by atomic mass is 10.0. The smallest absolute Gasteiger partial charge is 0.330 e. The van der Waals surface area contributed by atoms with Crippen LogP contribution in [-0.4, -0.2) is 21.8 Å². The Morgan fingerprint density at radius 3 is 2.20 bits per heavy atom. The minimum Gasteiger partial charge on any atom is -0.330 e. The van der Waals surface area contributed by atoms with Crippen molar-refractivity contribution in [3.8, 4) is 11.1 Å². The summed E-state index contributed by atoms with van der Waals surface area (Å²) in [5, 5.41) is -1.19. The van der Waals surface area contributed by atoms with Crippen LogP contribution in [0.1, 0.15) is 25.3 Å². The maximum Gasteiger partial charge on any atom is 0.337 e. The molecule has 0 heterocycles. The van der Waals surface area contributed by atoms with Crippen LogP contribution in [0.2, 0.25) is 0 Å². The Balaban J connectivity index is 1.94. The van der Waals surface area contributed by atoms with Crippen molar-refractivity contribution in [3.05, 3.63) is 60.2 Å². The van der Waals surface area contributed by atoms with E-state index in [2.05, 4.69) is 0 Å². The molecule has 136 valence electrons. The fourth-order valence-electron chi connectivity index (χ4n) is 2.66. The zero-order valence-electron chi connectivity index (χ0n) is 14.2. The van der Waals surface area contributed by atoms with Crippen molar-refractivity contribution in [1.82, 2.24) is 0 Å².